The Hall–Kier alpha value is -4.50. The highest BCUT2D eigenvalue weighted by atomic mass is 32.1. The number of carbonyl (C=O) groups excluding carboxylic acids is 3. The molecule has 2 amide bonds. The summed E-state index contributed by atoms with van der Waals surface area (Å²) in [6, 6.07) is 5.74. The fourth-order valence-electron chi connectivity index (χ4n) is 4.71. The summed E-state index contributed by atoms with van der Waals surface area (Å²) in [5, 5.41) is 11.4. The van der Waals surface area contributed by atoms with Gasteiger partial charge in [0, 0.05) is 5.56 Å². The van der Waals surface area contributed by atoms with E-state index in [2.05, 4.69) is 16.0 Å². The quantitative estimate of drug-likeness (QED) is 0.231. The number of imide groups is 1. The van der Waals surface area contributed by atoms with E-state index in [1.54, 1.807) is 59.1 Å². The van der Waals surface area contributed by atoms with Gasteiger partial charge in [-0.25, -0.2) is 19.6 Å². The maximum Gasteiger partial charge on any atom is 0.425 e. The molecule has 12 heteroatoms. The number of anilines is 1. The predicted molar refractivity (Wildman–Crippen MR) is 160 cm³/mol. The minimum absolute atomic E-state index is 0.0378. The van der Waals surface area contributed by atoms with Gasteiger partial charge in [0.25, 0.3) is 0 Å². The van der Waals surface area contributed by atoms with Crippen molar-refractivity contribution in [2.24, 2.45) is 0 Å². The second-order valence-corrected chi connectivity index (χ2v) is 12.9. The fraction of sp³-hybridized carbons (Fsp3) is 0.400. The summed E-state index contributed by atoms with van der Waals surface area (Å²) >= 11 is 1.28. The number of aromatic nitrogens is 3. The molecule has 3 aromatic heterocycles. The number of thiazole rings is 1. The largest absolute Gasteiger partial charge is 0.496 e. The van der Waals surface area contributed by atoms with Crippen LogP contribution >= 0.6 is 11.3 Å². The van der Waals surface area contributed by atoms with Crippen LogP contribution < -0.4 is 9.64 Å². The molecule has 0 radical (unpaired) electrons. The van der Waals surface area contributed by atoms with Crippen molar-refractivity contribution in [3.8, 4) is 17.5 Å². The number of fused-ring (bicyclic) bond motifs is 3. The Bertz CT molecular complexity index is 1770. The Morgan fingerprint density at radius 3 is 2.12 bits per heavy atom. The molecule has 1 aromatic carbocycles. The lowest BCUT2D eigenvalue weighted by atomic mass is 10.1. The number of rotatable bonds is 4. The normalized spacial score (nSPS) is 11.8. The van der Waals surface area contributed by atoms with Gasteiger partial charge in [0.1, 0.15) is 44.6 Å². The topological polar surface area (TPSA) is 137 Å². The van der Waals surface area contributed by atoms with Gasteiger partial charge in [-0.15, -0.1) is 0 Å². The Balaban J connectivity index is 2.33. The summed E-state index contributed by atoms with van der Waals surface area (Å²) in [6.07, 6.45) is -1.59. The molecule has 0 saturated heterocycles. The minimum Gasteiger partial charge on any atom is -0.496 e. The molecular formula is C30H33N5O6S. The highest BCUT2D eigenvalue weighted by Crippen LogP contribution is 2.44. The van der Waals surface area contributed by atoms with Crippen molar-refractivity contribution in [1.29, 1.82) is 5.26 Å². The van der Waals surface area contributed by atoms with Crippen LogP contribution in [0.5, 0.6) is 5.75 Å². The molecule has 0 fully saturated rings. The lowest BCUT2D eigenvalue weighted by Gasteiger charge is -2.30. The van der Waals surface area contributed by atoms with Crippen LogP contribution in [0.1, 0.15) is 73.7 Å². The number of aryl methyl sites for hydroxylation is 2. The van der Waals surface area contributed by atoms with Crippen molar-refractivity contribution in [3.05, 3.63) is 39.5 Å². The van der Waals surface area contributed by atoms with Crippen LogP contribution in [0, 0.1) is 32.1 Å². The minimum atomic E-state index is -1.07. The molecule has 0 aliphatic heterocycles. The van der Waals surface area contributed by atoms with E-state index in [1.165, 1.54) is 18.4 Å². The van der Waals surface area contributed by atoms with E-state index in [0.29, 0.717) is 49.1 Å². The maximum absolute atomic E-state index is 13.9. The number of methoxy groups -OCH3 is 1. The summed E-state index contributed by atoms with van der Waals surface area (Å²) in [5.74, 6) is 0.358. The standard InChI is InChI=1S/C30H33N5O6S/c1-15-11-12-20(39-10)16(2)23(15)34-24-21(19(14-36)33-25-22(24)32-17(3)42-25)18(13-31)26(34)35(27(37)40-29(4,5)6)28(38)41-30(7,8)9/h11-12,14H,1-10H3. The molecule has 0 unspecified atom stereocenters. The van der Waals surface area contributed by atoms with E-state index < -0.39 is 23.4 Å². The zero-order chi connectivity index (χ0) is 31.3. The van der Waals surface area contributed by atoms with Crippen molar-refractivity contribution < 1.29 is 28.6 Å². The number of aldehydes is 1. The number of amides is 2. The van der Waals surface area contributed by atoms with Crippen LogP contribution in [-0.4, -0.2) is 51.3 Å². The van der Waals surface area contributed by atoms with E-state index in [9.17, 15) is 19.6 Å². The number of ether oxygens (including phenoxy) is 3. The van der Waals surface area contributed by atoms with Crippen molar-refractivity contribution in [3.63, 3.8) is 0 Å². The molecule has 0 aliphatic carbocycles. The summed E-state index contributed by atoms with van der Waals surface area (Å²) in [4.78, 5) is 50.5. The first-order valence-corrected chi connectivity index (χ1v) is 14.0. The number of pyridine rings is 1. The molecule has 0 saturated carbocycles. The van der Waals surface area contributed by atoms with Gasteiger partial charge in [0.05, 0.1) is 28.7 Å². The van der Waals surface area contributed by atoms with Crippen LogP contribution in [0.25, 0.3) is 26.9 Å². The molecule has 0 N–H and O–H groups in total. The zero-order valence-corrected chi connectivity index (χ0v) is 26.1. The molecule has 11 nitrogen and oxygen atoms in total. The van der Waals surface area contributed by atoms with Gasteiger partial charge in [-0.1, -0.05) is 17.4 Å². The van der Waals surface area contributed by atoms with Crippen LogP contribution in [0.3, 0.4) is 0 Å². The average molecular weight is 592 g/mol. The van der Waals surface area contributed by atoms with Gasteiger partial charge in [0.2, 0.25) is 0 Å². The molecule has 0 aliphatic rings. The molecule has 220 valence electrons. The van der Waals surface area contributed by atoms with Gasteiger partial charge in [-0.05, 0) is 73.9 Å². The lowest BCUT2D eigenvalue weighted by molar-refractivity contribution is 0.0428. The van der Waals surface area contributed by atoms with E-state index in [4.69, 9.17) is 14.2 Å². The van der Waals surface area contributed by atoms with Gasteiger partial charge in [0.15, 0.2) is 12.1 Å². The number of benzene rings is 1. The summed E-state index contributed by atoms with van der Waals surface area (Å²) < 4.78 is 18.5. The van der Waals surface area contributed by atoms with Gasteiger partial charge >= 0.3 is 12.2 Å². The van der Waals surface area contributed by atoms with Crippen molar-refractivity contribution in [1.82, 2.24) is 14.5 Å². The lowest BCUT2D eigenvalue weighted by Crippen LogP contribution is -2.45. The summed E-state index contributed by atoms with van der Waals surface area (Å²) in [5.41, 5.74) is 0.435. The highest BCUT2D eigenvalue weighted by Gasteiger charge is 2.40. The Morgan fingerprint density at radius 1 is 1.02 bits per heavy atom. The van der Waals surface area contributed by atoms with Crippen molar-refractivity contribution in [2.75, 3.05) is 12.0 Å². The van der Waals surface area contributed by atoms with E-state index in [-0.39, 0.29) is 22.5 Å². The summed E-state index contributed by atoms with van der Waals surface area (Å²) in [7, 11) is 1.53. The number of nitrogens with zero attached hydrogens (tertiary/aromatic N) is 5. The monoisotopic (exact) mass is 591 g/mol. The van der Waals surface area contributed by atoms with E-state index in [1.807, 2.05) is 19.9 Å². The highest BCUT2D eigenvalue weighted by molar-refractivity contribution is 7.18. The van der Waals surface area contributed by atoms with Gasteiger partial charge in [-0.2, -0.15) is 10.2 Å². The van der Waals surface area contributed by atoms with Gasteiger partial charge in [-0.3, -0.25) is 9.36 Å². The number of nitriles is 1. The van der Waals surface area contributed by atoms with Crippen molar-refractivity contribution in [2.45, 2.75) is 73.5 Å². The molecule has 0 bridgehead atoms. The fourth-order valence-corrected chi connectivity index (χ4v) is 5.51. The maximum atomic E-state index is 13.9. The van der Waals surface area contributed by atoms with Crippen LogP contribution in [0.4, 0.5) is 15.4 Å². The zero-order valence-electron chi connectivity index (χ0n) is 25.3. The Labute approximate surface area is 247 Å². The molecular weight excluding hydrogens is 558 g/mol. The third-order valence-electron chi connectivity index (χ3n) is 6.18. The molecule has 42 heavy (non-hydrogen) atoms. The number of carbonyl (C=O) groups is 3. The SMILES string of the molecule is COc1ccc(C)c(-n2c(N(C(=O)OC(C)(C)C)C(=O)OC(C)(C)C)c(C#N)c3c(C=O)nc4sc(C)nc4c32)c1C. The molecule has 3 heterocycles. The van der Waals surface area contributed by atoms with Crippen LogP contribution in [-0.2, 0) is 9.47 Å². The van der Waals surface area contributed by atoms with Gasteiger partial charge < -0.3 is 14.2 Å². The Morgan fingerprint density at radius 2 is 1.62 bits per heavy atom. The third-order valence-corrected chi connectivity index (χ3v) is 7.04. The smallest absolute Gasteiger partial charge is 0.425 e. The second kappa shape index (κ2) is 10.7. The Kier molecular flexibility index (Phi) is 7.78. The average Bonchev–Trinajstić information content (AvgIpc) is 3.38. The molecule has 4 rings (SSSR count). The molecule has 4 aromatic rings. The number of hydrogen-bond donors (Lipinski definition) is 0. The van der Waals surface area contributed by atoms with E-state index >= 15 is 0 Å². The number of hydrogen-bond acceptors (Lipinski definition) is 10. The van der Waals surface area contributed by atoms with Crippen LogP contribution in [0.15, 0.2) is 12.1 Å². The second-order valence-electron chi connectivity index (χ2n) is 11.7. The van der Waals surface area contributed by atoms with Crippen molar-refractivity contribution >= 4 is 56.9 Å². The molecule has 0 atom stereocenters. The van der Waals surface area contributed by atoms with E-state index in [0.717, 1.165) is 5.56 Å². The molecule has 0 spiro atoms. The van der Waals surface area contributed by atoms with Crippen LogP contribution in [0.2, 0.25) is 0 Å². The predicted octanol–water partition coefficient (Wildman–Crippen LogP) is 6.93. The first-order chi connectivity index (χ1) is 19.5. The third kappa shape index (κ3) is 5.39. The summed E-state index contributed by atoms with van der Waals surface area (Å²) in [6.45, 7) is 15.4. The first-order valence-electron chi connectivity index (χ1n) is 13.1. The first kappa shape index (κ1) is 30.5.